The summed E-state index contributed by atoms with van der Waals surface area (Å²) in [6.45, 7) is 0. The average Bonchev–Trinajstić information content (AvgIpc) is 3.01. The largest absolute Gasteiger partial charge is 0.465 e. The minimum absolute atomic E-state index is 0.352. The van der Waals surface area contributed by atoms with Gasteiger partial charge in [0.25, 0.3) is 0 Å². The fourth-order valence-electron chi connectivity index (χ4n) is 2.21. The van der Waals surface area contributed by atoms with Crippen molar-refractivity contribution >= 4 is 17.7 Å². The lowest BCUT2D eigenvalue weighted by Crippen LogP contribution is -2.11. The van der Waals surface area contributed by atoms with E-state index in [2.05, 4.69) is 10.2 Å². The van der Waals surface area contributed by atoms with E-state index in [0.29, 0.717) is 22.3 Å². The van der Waals surface area contributed by atoms with Gasteiger partial charge in [-0.1, -0.05) is 54.2 Å². The molecule has 0 aliphatic carbocycles. The predicted molar refractivity (Wildman–Crippen MR) is 93.0 cm³/mol. The molecule has 2 N–H and O–H groups in total. The molecule has 1 aromatic heterocycles. The van der Waals surface area contributed by atoms with Crippen LogP contribution in [0, 0.1) is 0 Å². The molecule has 1 heterocycles. The van der Waals surface area contributed by atoms with Gasteiger partial charge in [-0.05, 0) is 17.7 Å². The Morgan fingerprint density at radius 2 is 1.96 bits per heavy atom. The number of carbonyl (C=O) groups excluding carboxylic acids is 1. The fraction of sp³-hybridized carbons (Fsp3) is 0.118. The molecule has 0 bridgehead atoms. The van der Waals surface area contributed by atoms with Crippen molar-refractivity contribution in [2.75, 3.05) is 13.0 Å². The number of thioether (sulfide) groups is 1. The molecule has 2 aromatic carbocycles. The van der Waals surface area contributed by atoms with Crippen molar-refractivity contribution in [3.05, 3.63) is 65.7 Å². The summed E-state index contributed by atoms with van der Waals surface area (Å²) in [5, 5.41) is 8.90. The lowest BCUT2D eigenvalue weighted by molar-refractivity contribution is 0.0600. The molecule has 0 aliphatic rings. The van der Waals surface area contributed by atoms with Gasteiger partial charge >= 0.3 is 5.97 Å². The smallest absolute Gasteiger partial charge is 0.337 e. The minimum Gasteiger partial charge on any atom is -0.465 e. The summed E-state index contributed by atoms with van der Waals surface area (Å²) in [6.07, 6.45) is 0. The Kier molecular flexibility index (Phi) is 4.81. The van der Waals surface area contributed by atoms with Crippen LogP contribution in [0.4, 0.5) is 0 Å². The zero-order valence-corrected chi connectivity index (χ0v) is 13.9. The maximum absolute atomic E-state index is 11.6. The Balaban J connectivity index is 1.74. The molecule has 0 unspecified atom stereocenters. The number of rotatable bonds is 5. The number of methoxy groups -OCH3 is 1. The van der Waals surface area contributed by atoms with Crippen LogP contribution in [0.25, 0.3) is 11.4 Å². The molecule has 7 heteroatoms. The van der Waals surface area contributed by atoms with Gasteiger partial charge in [0.05, 0.1) is 12.7 Å². The van der Waals surface area contributed by atoms with E-state index < -0.39 is 0 Å². The maximum Gasteiger partial charge on any atom is 0.337 e. The van der Waals surface area contributed by atoms with E-state index in [1.54, 1.807) is 12.1 Å². The summed E-state index contributed by atoms with van der Waals surface area (Å²) in [6, 6.07) is 16.9. The van der Waals surface area contributed by atoms with Crippen molar-refractivity contribution in [1.29, 1.82) is 0 Å². The SMILES string of the molecule is COC(=O)c1cccc(CSc2nnc(-c3ccccc3)n2N)c1. The number of aromatic nitrogens is 3. The van der Waals surface area contributed by atoms with E-state index in [-0.39, 0.29) is 5.97 Å². The first kappa shape index (κ1) is 16.1. The highest BCUT2D eigenvalue weighted by atomic mass is 32.2. The van der Waals surface area contributed by atoms with Gasteiger partial charge in [0.15, 0.2) is 5.82 Å². The summed E-state index contributed by atoms with van der Waals surface area (Å²) in [4.78, 5) is 11.6. The van der Waals surface area contributed by atoms with E-state index in [1.807, 2.05) is 42.5 Å². The third kappa shape index (κ3) is 3.41. The monoisotopic (exact) mass is 340 g/mol. The Morgan fingerprint density at radius 1 is 1.17 bits per heavy atom. The molecule has 0 amide bonds. The van der Waals surface area contributed by atoms with Crippen LogP contribution >= 0.6 is 11.8 Å². The quantitative estimate of drug-likeness (QED) is 0.437. The van der Waals surface area contributed by atoms with Crippen LogP contribution in [-0.4, -0.2) is 28.0 Å². The lowest BCUT2D eigenvalue weighted by atomic mass is 10.1. The van der Waals surface area contributed by atoms with Crippen molar-refractivity contribution < 1.29 is 9.53 Å². The van der Waals surface area contributed by atoms with Crippen LogP contribution in [0.3, 0.4) is 0 Å². The molecule has 0 fully saturated rings. The number of nitrogens with two attached hydrogens (primary N) is 1. The molecule has 6 nitrogen and oxygen atoms in total. The van der Waals surface area contributed by atoms with Crippen LogP contribution < -0.4 is 5.84 Å². The Bertz CT molecular complexity index is 849. The third-order valence-corrected chi connectivity index (χ3v) is 4.43. The summed E-state index contributed by atoms with van der Waals surface area (Å²) < 4.78 is 6.21. The number of hydrogen-bond donors (Lipinski definition) is 1. The van der Waals surface area contributed by atoms with Crippen molar-refractivity contribution in [2.24, 2.45) is 0 Å². The second-order valence-electron chi connectivity index (χ2n) is 5.02. The number of nitrogen functional groups attached to an aromatic ring is 1. The standard InChI is InChI=1S/C17H16N4O2S/c1-23-16(22)14-9-5-6-12(10-14)11-24-17-20-19-15(21(17)18)13-7-3-2-4-8-13/h2-10H,11,18H2,1H3. The van der Waals surface area contributed by atoms with Gasteiger partial charge in [0.2, 0.25) is 5.16 Å². The highest BCUT2D eigenvalue weighted by Crippen LogP contribution is 2.24. The number of ether oxygens (including phenoxy) is 1. The second-order valence-corrected chi connectivity index (χ2v) is 5.97. The Labute approximate surface area is 143 Å². The van der Waals surface area contributed by atoms with Crippen molar-refractivity contribution in [3.63, 3.8) is 0 Å². The zero-order chi connectivity index (χ0) is 16.9. The van der Waals surface area contributed by atoms with Gasteiger partial charge in [0, 0.05) is 11.3 Å². The number of nitrogens with zero attached hydrogens (tertiary/aromatic N) is 3. The highest BCUT2D eigenvalue weighted by Gasteiger charge is 2.12. The summed E-state index contributed by atoms with van der Waals surface area (Å²) >= 11 is 1.46. The Morgan fingerprint density at radius 3 is 2.71 bits per heavy atom. The molecule has 0 radical (unpaired) electrons. The molecule has 24 heavy (non-hydrogen) atoms. The van der Waals surface area contributed by atoms with Crippen molar-refractivity contribution in [1.82, 2.24) is 14.9 Å². The molecule has 0 saturated carbocycles. The lowest BCUT2D eigenvalue weighted by Gasteiger charge is -2.05. The summed E-state index contributed by atoms with van der Waals surface area (Å²) in [5.74, 6) is 6.98. The first-order valence-electron chi connectivity index (χ1n) is 7.25. The summed E-state index contributed by atoms with van der Waals surface area (Å²) in [7, 11) is 1.37. The normalized spacial score (nSPS) is 10.5. The van der Waals surface area contributed by atoms with Crippen LogP contribution in [-0.2, 0) is 10.5 Å². The van der Waals surface area contributed by atoms with E-state index in [4.69, 9.17) is 10.6 Å². The van der Waals surface area contributed by atoms with Gasteiger partial charge in [-0.15, -0.1) is 10.2 Å². The van der Waals surface area contributed by atoms with Gasteiger partial charge < -0.3 is 10.6 Å². The van der Waals surface area contributed by atoms with Crippen LogP contribution in [0.15, 0.2) is 59.8 Å². The molecule has 3 rings (SSSR count). The first-order chi connectivity index (χ1) is 11.7. The van der Waals surface area contributed by atoms with E-state index in [9.17, 15) is 4.79 Å². The number of esters is 1. The number of hydrogen-bond acceptors (Lipinski definition) is 6. The topological polar surface area (TPSA) is 83.0 Å². The second kappa shape index (κ2) is 7.18. The van der Waals surface area contributed by atoms with Gasteiger partial charge in [-0.2, -0.15) is 0 Å². The van der Waals surface area contributed by atoms with Crippen molar-refractivity contribution in [3.8, 4) is 11.4 Å². The molecule has 0 atom stereocenters. The number of carbonyl (C=O) groups is 1. The molecule has 0 spiro atoms. The van der Waals surface area contributed by atoms with E-state index in [1.165, 1.54) is 23.5 Å². The van der Waals surface area contributed by atoms with Crippen LogP contribution in [0.5, 0.6) is 0 Å². The fourth-order valence-corrected chi connectivity index (χ4v) is 3.01. The maximum atomic E-state index is 11.6. The average molecular weight is 340 g/mol. The molecule has 3 aromatic rings. The molecule has 122 valence electrons. The predicted octanol–water partition coefficient (Wildman–Crippen LogP) is 2.74. The molecule has 0 aliphatic heterocycles. The van der Waals surface area contributed by atoms with Crippen LogP contribution in [0.1, 0.15) is 15.9 Å². The van der Waals surface area contributed by atoms with Gasteiger partial charge in [-0.25, -0.2) is 9.47 Å². The third-order valence-electron chi connectivity index (χ3n) is 3.41. The van der Waals surface area contributed by atoms with Crippen LogP contribution in [0.2, 0.25) is 0 Å². The van der Waals surface area contributed by atoms with Gasteiger partial charge in [0.1, 0.15) is 0 Å². The molecular weight excluding hydrogens is 324 g/mol. The molecule has 0 saturated heterocycles. The zero-order valence-electron chi connectivity index (χ0n) is 13.0. The summed E-state index contributed by atoms with van der Waals surface area (Å²) in [5.41, 5.74) is 2.41. The van der Waals surface area contributed by atoms with Gasteiger partial charge in [-0.3, -0.25) is 0 Å². The number of benzene rings is 2. The minimum atomic E-state index is -0.352. The van der Waals surface area contributed by atoms with E-state index >= 15 is 0 Å². The van der Waals surface area contributed by atoms with E-state index in [0.717, 1.165) is 11.1 Å². The van der Waals surface area contributed by atoms with Crippen molar-refractivity contribution in [2.45, 2.75) is 10.9 Å². The Hall–Kier alpha value is -2.80. The first-order valence-corrected chi connectivity index (χ1v) is 8.23. The highest BCUT2D eigenvalue weighted by molar-refractivity contribution is 7.98. The molecular formula is C17H16N4O2S.